The fourth-order valence-corrected chi connectivity index (χ4v) is 2.57. The van der Waals surface area contributed by atoms with Crippen molar-refractivity contribution in [3.05, 3.63) is 56.8 Å². The molecule has 0 bridgehead atoms. The van der Waals surface area contributed by atoms with Crippen LogP contribution in [0.2, 0.25) is 5.02 Å². The minimum atomic E-state index is -1.06. The summed E-state index contributed by atoms with van der Waals surface area (Å²) in [5.74, 6) is 0.281. The minimum absolute atomic E-state index is 0.258. The van der Waals surface area contributed by atoms with Crippen LogP contribution < -0.4 is 9.47 Å². The lowest BCUT2D eigenvalue weighted by molar-refractivity contribution is 0.214. The first-order chi connectivity index (χ1) is 9.99. The zero-order valence-electron chi connectivity index (χ0n) is 11.4. The highest BCUT2D eigenvalue weighted by Crippen LogP contribution is 2.41. The van der Waals surface area contributed by atoms with Gasteiger partial charge in [0.2, 0.25) is 0 Å². The molecular weight excluding hydrogens is 363 g/mol. The summed E-state index contributed by atoms with van der Waals surface area (Å²) in [5.41, 5.74) is 0.834. The lowest BCUT2D eigenvalue weighted by Gasteiger charge is -2.18. The van der Waals surface area contributed by atoms with Gasteiger partial charge in [0, 0.05) is 5.56 Å². The zero-order valence-corrected chi connectivity index (χ0v) is 13.7. The molecule has 0 amide bonds. The maximum atomic E-state index is 13.6. The van der Waals surface area contributed by atoms with Gasteiger partial charge in [-0.1, -0.05) is 17.7 Å². The van der Waals surface area contributed by atoms with Gasteiger partial charge >= 0.3 is 0 Å². The summed E-state index contributed by atoms with van der Waals surface area (Å²) in [4.78, 5) is 0. The second kappa shape index (κ2) is 6.64. The number of benzene rings is 2. The molecule has 0 heterocycles. The third kappa shape index (κ3) is 3.15. The fourth-order valence-electron chi connectivity index (χ4n) is 2.00. The number of hydrogen-bond donors (Lipinski definition) is 1. The van der Waals surface area contributed by atoms with Crippen molar-refractivity contribution in [2.45, 2.75) is 6.10 Å². The summed E-state index contributed by atoms with van der Waals surface area (Å²) in [6.07, 6.45) is -1.06. The molecule has 0 saturated heterocycles. The van der Waals surface area contributed by atoms with Gasteiger partial charge in [-0.05, 0) is 45.8 Å². The summed E-state index contributed by atoms with van der Waals surface area (Å²) >= 11 is 9.23. The van der Waals surface area contributed by atoms with E-state index < -0.39 is 11.9 Å². The van der Waals surface area contributed by atoms with Crippen molar-refractivity contribution < 1.29 is 19.0 Å². The first-order valence-electron chi connectivity index (χ1n) is 6.03. The van der Waals surface area contributed by atoms with Crippen LogP contribution in [0.3, 0.4) is 0 Å². The van der Waals surface area contributed by atoms with E-state index in [2.05, 4.69) is 15.9 Å². The van der Waals surface area contributed by atoms with Crippen LogP contribution in [0.4, 0.5) is 4.39 Å². The van der Waals surface area contributed by atoms with Gasteiger partial charge in [0.25, 0.3) is 0 Å². The van der Waals surface area contributed by atoms with E-state index in [1.165, 1.54) is 26.4 Å². The number of aliphatic hydroxyl groups is 1. The van der Waals surface area contributed by atoms with Crippen LogP contribution in [0.15, 0.2) is 34.8 Å². The van der Waals surface area contributed by atoms with Gasteiger partial charge in [0.05, 0.1) is 18.7 Å². The maximum Gasteiger partial charge on any atom is 0.147 e. The predicted molar refractivity (Wildman–Crippen MR) is 82.7 cm³/mol. The van der Waals surface area contributed by atoms with Gasteiger partial charge in [0.1, 0.15) is 28.4 Å². The second-order valence-corrected chi connectivity index (χ2v) is 5.51. The second-order valence-electron chi connectivity index (χ2n) is 4.28. The molecule has 6 heteroatoms. The van der Waals surface area contributed by atoms with E-state index in [1.807, 2.05) is 0 Å². The van der Waals surface area contributed by atoms with Crippen LogP contribution in [-0.4, -0.2) is 19.3 Å². The highest BCUT2D eigenvalue weighted by molar-refractivity contribution is 9.10. The van der Waals surface area contributed by atoms with Crippen molar-refractivity contribution in [1.29, 1.82) is 0 Å². The van der Waals surface area contributed by atoms with Gasteiger partial charge in [-0.25, -0.2) is 4.39 Å². The molecule has 1 atom stereocenters. The third-order valence-corrected chi connectivity index (χ3v) is 4.07. The molecule has 2 rings (SSSR count). The average molecular weight is 376 g/mol. The largest absolute Gasteiger partial charge is 0.495 e. The maximum absolute atomic E-state index is 13.6. The topological polar surface area (TPSA) is 38.7 Å². The van der Waals surface area contributed by atoms with E-state index in [9.17, 15) is 9.50 Å². The Morgan fingerprint density at radius 3 is 2.48 bits per heavy atom. The molecule has 21 heavy (non-hydrogen) atoms. The van der Waals surface area contributed by atoms with Crippen LogP contribution in [-0.2, 0) is 0 Å². The highest BCUT2D eigenvalue weighted by atomic mass is 79.9. The minimum Gasteiger partial charge on any atom is -0.495 e. The van der Waals surface area contributed by atoms with Crippen molar-refractivity contribution >= 4 is 27.5 Å². The molecule has 0 saturated carbocycles. The van der Waals surface area contributed by atoms with Gasteiger partial charge in [-0.15, -0.1) is 0 Å². The van der Waals surface area contributed by atoms with Crippen molar-refractivity contribution in [2.24, 2.45) is 0 Å². The highest BCUT2D eigenvalue weighted by Gasteiger charge is 2.21. The van der Waals surface area contributed by atoms with Gasteiger partial charge in [-0.3, -0.25) is 0 Å². The van der Waals surface area contributed by atoms with Crippen LogP contribution in [0.5, 0.6) is 11.5 Å². The quantitative estimate of drug-likeness (QED) is 0.864. The zero-order chi connectivity index (χ0) is 15.6. The lowest BCUT2D eigenvalue weighted by atomic mass is 10.0. The Hall–Kier alpha value is -1.30. The Bertz CT molecular complexity index is 664. The molecule has 3 nitrogen and oxygen atoms in total. The van der Waals surface area contributed by atoms with Gasteiger partial charge < -0.3 is 14.6 Å². The SMILES string of the molecule is COc1ccc(C(O)c2ccc(Br)c(F)c2)c(OC)c1Cl. The van der Waals surface area contributed by atoms with E-state index in [-0.39, 0.29) is 5.02 Å². The van der Waals surface area contributed by atoms with E-state index in [1.54, 1.807) is 18.2 Å². The molecule has 1 N–H and O–H groups in total. The molecule has 0 radical (unpaired) electrons. The number of halogens is 3. The van der Waals surface area contributed by atoms with Crippen molar-refractivity contribution in [3.8, 4) is 11.5 Å². The number of rotatable bonds is 4. The Labute approximate surface area is 135 Å². The van der Waals surface area contributed by atoms with Crippen LogP contribution >= 0.6 is 27.5 Å². The van der Waals surface area contributed by atoms with E-state index >= 15 is 0 Å². The van der Waals surface area contributed by atoms with Crippen molar-refractivity contribution in [2.75, 3.05) is 14.2 Å². The number of aliphatic hydroxyl groups excluding tert-OH is 1. The Balaban J connectivity index is 2.50. The summed E-state index contributed by atoms with van der Waals surface area (Å²) in [5, 5.41) is 10.7. The molecule has 2 aromatic rings. The molecule has 0 aliphatic heterocycles. The summed E-state index contributed by atoms with van der Waals surface area (Å²) in [6, 6.07) is 7.67. The summed E-state index contributed by atoms with van der Waals surface area (Å²) in [7, 11) is 2.93. The van der Waals surface area contributed by atoms with Crippen molar-refractivity contribution in [1.82, 2.24) is 0 Å². The lowest BCUT2D eigenvalue weighted by Crippen LogP contribution is -2.04. The summed E-state index contributed by atoms with van der Waals surface area (Å²) in [6.45, 7) is 0. The van der Waals surface area contributed by atoms with E-state index in [0.717, 1.165) is 0 Å². The average Bonchev–Trinajstić information content (AvgIpc) is 2.49. The van der Waals surface area contributed by atoms with E-state index in [4.69, 9.17) is 21.1 Å². The number of hydrogen-bond acceptors (Lipinski definition) is 3. The smallest absolute Gasteiger partial charge is 0.147 e. The first-order valence-corrected chi connectivity index (χ1v) is 7.20. The molecular formula is C15H13BrClFO3. The molecule has 0 fully saturated rings. The summed E-state index contributed by atoms with van der Waals surface area (Å²) < 4.78 is 24.3. The standard InChI is InChI=1S/C15H13BrClFO3/c1-20-12-6-4-9(15(21-2)13(12)17)14(19)8-3-5-10(16)11(18)7-8/h3-7,14,19H,1-2H3. The van der Waals surface area contributed by atoms with Crippen LogP contribution in [0.1, 0.15) is 17.2 Å². The third-order valence-electron chi connectivity index (χ3n) is 3.07. The predicted octanol–water partition coefficient (Wildman–Crippen LogP) is 4.34. The number of methoxy groups -OCH3 is 2. The fraction of sp³-hybridized carbons (Fsp3) is 0.200. The van der Waals surface area contributed by atoms with Crippen LogP contribution in [0, 0.1) is 5.82 Å². The number of ether oxygens (including phenoxy) is 2. The molecule has 0 aromatic heterocycles. The normalized spacial score (nSPS) is 12.1. The molecule has 0 spiro atoms. The molecule has 0 aliphatic rings. The Morgan fingerprint density at radius 1 is 1.19 bits per heavy atom. The molecule has 2 aromatic carbocycles. The molecule has 112 valence electrons. The van der Waals surface area contributed by atoms with Crippen LogP contribution in [0.25, 0.3) is 0 Å². The van der Waals surface area contributed by atoms with Gasteiger partial charge in [0.15, 0.2) is 0 Å². The Morgan fingerprint density at radius 2 is 1.90 bits per heavy atom. The molecule has 0 aliphatic carbocycles. The monoisotopic (exact) mass is 374 g/mol. The first kappa shape index (κ1) is 16.1. The van der Waals surface area contributed by atoms with Gasteiger partial charge in [-0.2, -0.15) is 0 Å². The molecule has 1 unspecified atom stereocenters. The van der Waals surface area contributed by atoms with Crippen molar-refractivity contribution in [3.63, 3.8) is 0 Å². The van der Waals surface area contributed by atoms with E-state index in [0.29, 0.717) is 27.1 Å². The Kier molecular flexibility index (Phi) is 5.08.